The number of hydrogen-bond acceptors (Lipinski definition) is 1. The van der Waals surface area contributed by atoms with Crippen LogP contribution in [-0.4, -0.2) is 5.11 Å². The zero-order chi connectivity index (χ0) is 19.4. The molecule has 0 aromatic heterocycles. The summed E-state index contributed by atoms with van der Waals surface area (Å²) in [6.07, 6.45) is 2.51. The monoisotopic (exact) mass is 378 g/mol. The summed E-state index contributed by atoms with van der Waals surface area (Å²) in [7, 11) is 0. The minimum absolute atomic E-state index is 0.206. The first-order chi connectivity index (χ1) is 13.0. The molecule has 0 aliphatic rings. The van der Waals surface area contributed by atoms with E-state index in [0.29, 0.717) is 11.4 Å². The van der Waals surface area contributed by atoms with Crippen molar-refractivity contribution in [3.05, 3.63) is 106 Å². The number of phenols is 1. The van der Waals surface area contributed by atoms with Crippen LogP contribution in [-0.2, 0) is 0 Å². The molecule has 0 amide bonds. The smallest absolute Gasteiger partial charge is 0.124 e. The lowest BCUT2D eigenvalue weighted by Gasteiger charge is -2.17. The van der Waals surface area contributed by atoms with Gasteiger partial charge in [-0.05, 0) is 64.1 Å². The first-order valence-corrected chi connectivity index (χ1v) is 9.12. The Hall–Kier alpha value is -2.84. The van der Waals surface area contributed by atoms with Crippen LogP contribution >= 0.6 is 11.6 Å². The van der Waals surface area contributed by atoms with Crippen LogP contribution < -0.4 is 0 Å². The van der Waals surface area contributed by atoms with Crippen molar-refractivity contribution in [2.75, 3.05) is 0 Å². The second-order valence-corrected chi connectivity index (χ2v) is 6.61. The lowest BCUT2D eigenvalue weighted by Crippen LogP contribution is -1.96. The SMILES string of the molecule is C=Cc1ccc(/C(=C(/CC)c2ccc(F)cc2Cl)c2ccc(O)cc2)cc1. The molecule has 1 nitrogen and oxygen atoms in total. The van der Waals surface area contributed by atoms with E-state index in [1.54, 1.807) is 24.3 Å². The highest BCUT2D eigenvalue weighted by Crippen LogP contribution is 2.37. The number of aromatic hydroxyl groups is 1. The zero-order valence-electron chi connectivity index (χ0n) is 15.0. The maximum absolute atomic E-state index is 13.6. The summed E-state index contributed by atoms with van der Waals surface area (Å²) in [5, 5.41) is 10.1. The van der Waals surface area contributed by atoms with Crippen LogP contribution in [0.1, 0.15) is 35.6 Å². The molecule has 3 aromatic carbocycles. The minimum atomic E-state index is -0.360. The summed E-state index contributed by atoms with van der Waals surface area (Å²) in [5.74, 6) is -0.154. The van der Waals surface area contributed by atoms with Gasteiger partial charge in [0.1, 0.15) is 11.6 Å². The topological polar surface area (TPSA) is 20.2 Å². The summed E-state index contributed by atoms with van der Waals surface area (Å²) < 4.78 is 13.6. The summed E-state index contributed by atoms with van der Waals surface area (Å²) in [4.78, 5) is 0. The van der Waals surface area contributed by atoms with Gasteiger partial charge >= 0.3 is 0 Å². The van der Waals surface area contributed by atoms with Crippen LogP contribution in [0.2, 0.25) is 5.02 Å². The zero-order valence-corrected chi connectivity index (χ0v) is 15.8. The molecule has 0 atom stereocenters. The second-order valence-electron chi connectivity index (χ2n) is 6.20. The molecule has 3 aromatic rings. The van der Waals surface area contributed by atoms with Crippen molar-refractivity contribution in [2.24, 2.45) is 0 Å². The Morgan fingerprint density at radius 2 is 1.59 bits per heavy atom. The van der Waals surface area contributed by atoms with Crippen molar-refractivity contribution < 1.29 is 9.50 Å². The van der Waals surface area contributed by atoms with E-state index in [4.69, 9.17) is 11.6 Å². The standard InChI is InChI=1S/C24H20ClFO/c1-3-16-5-7-17(8-6-16)24(18-9-12-20(27)13-10-18)21(4-2)22-14-11-19(26)15-23(22)25/h3,5-15,27H,1,4H2,2H3/b24-21+. The Bertz CT molecular complexity index is 986. The highest BCUT2D eigenvalue weighted by atomic mass is 35.5. The van der Waals surface area contributed by atoms with E-state index in [1.807, 2.05) is 43.3 Å². The van der Waals surface area contributed by atoms with E-state index in [9.17, 15) is 9.50 Å². The Kier molecular flexibility index (Phi) is 5.78. The fourth-order valence-electron chi connectivity index (χ4n) is 3.17. The van der Waals surface area contributed by atoms with Crippen molar-refractivity contribution in [2.45, 2.75) is 13.3 Å². The van der Waals surface area contributed by atoms with E-state index < -0.39 is 0 Å². The van der Waals surface area contributed by atoms with Gasteiger partial charge in [0.15, 0.2) is 0 Å². The van der Waals surface area contributed by atoms with Gasteiger partial charge in [0, 0.05) is 0 Å². The van der Waals surface area contributed by atoms with Crippen molar-refractivity contribution >= 4 is 28.8 Å². The molecule has 0 heterocycles. The average molecular weight is 379 g/mol. The number of benzene rings is 3. The molecule has 136 valence electrons. The van der Waals surface area contributed by atoms with E-state index >= 15 is 0 Å². The maximum Gasteiger partial charge on any atom is 0.124 e. The van der Waals surface area contributed by atoms with Crippen LogP contribution in [0.5, 0.6) is 5.75 Å². The van der Waals surface area contributed by atoms with Crippen molar-refractivity contribution in [3.63, 3.8) is 0 Å². The summed E-state index contributed by atoms with van der Waals surface area (Å²) in [6, 6.07) is 19.6. The number of allylic oxidation sites excluding steroid dienone is 1. The minimum Gasteiger partial charge on any atom is -0.508 e. The van der Waals surface area contributed by atoms with Gasteiger partial charge in [0.05, 0.1) is 5.02 Å². The molecule has 0 aliphatic carbocycles. The van der Waals surface area contributed by atoms with E-state index in [-0.39, 0.29) is 11.6 Å². The Morgan fingerprint density at radius 1 is 1.00 bits per heavy atom. The lowest BCUT2D eigenvalue weighted by molar-refractivity contribution is 0.475. The maximum atomic E-state index is 13.6. The Labute approximate surface area is 164 Å². The fraction of sp³-hybridized carbons (Fsp3) is 0.0833. The van der Waals surface area contributed by atoms with Crippen LogP contribution in [0.3, 0.4) is 0 Å². The quantitative estimate of drug-likeness (QED) is 0.465. The Morgan fingerprint density at radius 3 is 2.11 bits per heavy atom. The van der Waals surface area contributed by atoms with Gasteiger partial charge in [0.25, 0.3) is 0 Å². The van der Waals surface area contributed by atoms with E-state index in [0.717, 1.165) is 33.4 Å². The van der Waals surface area contributed by atoms with E-state index in [2.05, 4.69) is 6.58 Å². The van der Waals surface area contributed by atoms with E-state index in [1.165, 1.54) is 12.1 Å². The number of rotatable bonds is 5. The predicted molar refractivity (Wildman–Crippen MR) is 112 cm³/mol. The molecule has 0 saturated heterocycles. The molecule has 27 heavy (non-hydrogen) atoms. The van der Waals surface area contributed by atoms with Crippen LogP contribution in [0.25, 0.3) is 17.2 Å². The third kappa shape index (κ3) is 4.12. The van der Waals surface area contributed by atoms with Gasteiger partial charge in [-0.15, -0.1) is 0 Å². The molecular weight excluding hydrogens is 359 g/mol. The van der Waals surface area contributed by atoms with Gasteiger partial charge < -0.3 is 5.11 Å². The molecular formula is C24H20ClFO. The molecule has 1 N–H and O–H groups in total. The average Bonchev–Trinajstić information content (AvgIpc) is 2.68. The van der Waals surface area contributed by atoms with Crippen molar-refractivity contribution in [3.8, 4) is 5.75 Å². The van der Waals surface area contributed by atoms with Gasteiger partial charge in [0.2, 0.25) is 0 Å². The van der Waals surface area contributed by atoms with Crippen LogP contribution in [0.15, 0.2) is 73.3 Å². The molecule has 0 unspecified atom stereocenters. The number of hydrogen-bond donors (Lipinski definition) is 1. The Balaban J connectivity index is 2.29. The van der Waals surface area contributed by atoms with Gasteiger partial charge in [-0.3, -0.25) is 0 Å². The van der Waals surface area contributed by atoms with Gasteiger partial charge in [-0.1, -0.05) is 73.6 Å². The van der Waals surface area contributed by atoms with Crippen LogP contribution in [0.4, 0.5) is 4.39 Å². The molecule has 0 saturated carbocycles. The summed E-state index contributed by atoms with van der Waals surface area (Å²) in [5.41, 5.74) is 5.82. The highest BCUT2D eigenvalue weighted by Gasteiger charge is 2.15. The fourth-order valence-corrected chi connectivity index (χ4v) is 3.45. The molecule has 0 fully saturated rings. The predicted octanol–water partition coefficient (Wildman–Crippen LogP) is 7.20. The molecule has 0 spiro atoms. The number of halogens is 2. The normalized spacial score (nSPS) is 11.8. The van der Waals surface area contributed by atoms with Gasteiger partial charge in [-0.25, -0.2) is 4.39 Å². The molecule has 3 rings (SSSR count). The summed E-state index contributed by atoms with van der Waals surface area (Å²) in [6.45, 7) is 5.85. The lowest BCUT2D eigenvalue weighted by atomic mass is 9.88. The first-order valence-electron chi connectivity index (χ1n) is 8.74. The van der Waals surface area contributed by atoms with Crippen molar-refractivity contribution in [1.29, 1.82) is 0 Å². The first kappa shape index (κ1) is 18.9. The second kappa shape index (κ2) is 8.24. The summed E-state index contributed by atoms with van der Waals surface area (Å²) >= 11 is 6.37. The molecule has 0 aliphatic heterocycles. The highest BCUT2D eigenvalue weighted by molar-refractivity contribution is 6.32. The molecule has 0 radical (unpaired) electrons. The largest absolute Gasteiger partial charge is 0.508 e. The van der Waals surface area contributed by atoms with Crippen molar-refractivity contribution in [1.82, 2.24) is 0 Å². The van der Waals surface area contributed by atoms with Gasteiger partial charge in [-0.2, -0.15) is 0 Å². The third-order valence-corrected chi connectivity index (χ3v) is 4.82. The third-order valence-electron chi connectivity index (χ3n) is 4.50. The molecule has 3 heteroatoms. The van der Waals surface area contributed by atoms with Crippen LogP contribution in [0, 0.1) is 5.82 Å². The molecule has 0 bridgehead atoms. The number of phenolic OH excluding ortho intramolecular Hbond substituents is 1.